The van der Waals surface area contributed by atoms with Crippen LogP contribution in [0.4, 0.5) is 0 Å². The second-order valence-corrected chi connectivity index (χ2v) is 7.57. The minimum atomic E-state index is -0.319. The Kier molecular flexibility index (Phi) is 5.24. The molecule has 0 atom stereocenters. The van der Waals surface area contributed by atoms with Gasteiger partial charge in [0.1, 0.15) is 4.83 Å². The highest BCUT2D eigenvalue weighted by atomic mass is 32.2. The summed E-state index contributed by atoms with van der Waals surface area (Å²) in [5.74, 6) is -0.206. The van der Waals surface area contributed by atoms with E-state index in [-0.39, 0.29) is 17.3 Å². The molecule has 25 heavy (non-hydrogen) atoms. The number of esters is 1. The van der Waals surface area contributed by atoms with E-state index in [1.54, 1.807) is 11.5 Å². The zero-order valence-electron chi connectivity index (χ0n) is 14.2. The smallest absolute Gasteiger partial charge is 0.316 e. The van der Waals surface area contributed by atoms with E-state index in [9.17, 15) is 9.59 Å². The van der Waals surface area contributed by atoms with Gasteiger partial charge in [-0.2, -0.15) is 0 Å². The Morgan fingerprint density at radius 3 is 2.68 bits per heavy atom. The van der Waals surface area contributed by atoms with Crippen LogP contribution >= 0.6 is 23.1 Å². The predicted octanol–water partition coefficient (Wildman–Crippen LogP) is 3.72. The minimum absolute atomic E-state index is 0.107. The van der Waals surface area contributed by atoms with Gasteiger partial charge in [0.2, 0.25) is 0 Å². The molecule has 0 saturated carbocycles. The van der Waals surface area contributed by atoms with Crippen LogP contribution in [0.15, 0.2) is 40.3 Å². The Morgan fingerprint density at radius 2 is 2.00 bits per heavy atom. The maximum absolute atomic E-state index is 13.2. The number of hydrogen-bond donors (Lipinski definition) is 0. The predicted molar refractivity (Wildman–Crippen MR) is 102 cm³/mol. The standard InChI is InChI=1S/C18H18N2O3S2/c1-4-23-14(21)10-24-18-19-16-15(11(2)12(3)25-16)17(22)20(18)13-8-6-5-7-9-13/h5-9H,4,10H2,1-3H3. The molecule has 2 heterocycles. The van der Waals surface area contributed by atoms with E-state index in [2.05, 4.69) is 4.98 Å². The van der Waals surface area contributed by atoms with E-state index in [0.29, 0.717) is 22.0 Å². The fraction of sp³-hybridized carbons (Fsp3) is 0.278. The highest BCUT2D eigenvalue weighted by molar-refractivity contribution is 7.99. The van der Waals surface area contributed by atoms with Gasteiger partial charge in [-0.05, 0) is 38.5 Å². The molecule has 0 radical (unpaired) electrons. The summed E-state index contributed by atoms with van der Waals surface area (Å²) in [4.78, 5) is 31.3. The summed E-state index contributed by atoms with van der Waals surface area (Å²) in [6.07, 6.45) is 0. The van der Waals surface area contributed by atoms with Crippen LogP contribution in [0.2, 0.25) is 0 Å². The third-order valence-corrected chi connectivity index (χ3v) is 5.82. The maximum Gasteiger partial charge on any atom is 0.316 e. The monoisotopic (exact) mass is 374 g/mol. The van der Waals surface area contributed by atoms with Gasteiger partial charge in [0.05, 0.1) is 23.4 Å². The normalized spacial score (nSPS) is 11.0. The molecule has 0 saturated heterocycles. The quantitative estimate of drug-likeness (QED) is 0.387. The van der Waals surface area contributed by atoms with E-state index in [4.69, 9.17) is 4.74 Å². The lowest BCUT2D eigenvalue weighted by molar-refractivity contribution is -0.139. The van der Waals surface area contributed by atoms with Gasteiger partial charge in [-0.3, -0.25) is 14.2 Å². The van der Waals surface area contributed by atoms with Gasteiger partial charge in [0.25, 0.3) is 5.56 Å². The van der Waals surface area contributed by atoms with Crippen molar-refractivity contribution < 1.29 is 9.53 Å². The molecule has 0 N–H and O–H groups in total. The number of carbonyl (C=O) groups excluding carboxylic acids is 1. The summed E-state index contributed by atoms with van der Waals surface area (Å²) in [5, 5.41) is 1.14. The fourth-order valence-corrected chi connectivity index (χ4v) is 4.38. The Balaban J connectivity index is 2.16. The zero-order valence-corrected chi connectivity index (χ0v) is 15.9. The van der Waals surface area contributed by atoms with Crippen molar-refractivity contribution in [2.75, 3.05) is 12.4 Å². The molecule has 1 aromatic carbocycles. The molecule has 0 spiro atoms. The van der Waals surface area contributed by atoms with E-state index in [1.807, 2.05) is 44.2 Å². The van der Waals surface area contributed by atoms with Crippen LogP contribution in [0, 0.1) is 13.8 Å². The molecular formula is C18H18N2O3S2. The summed E-state index contributed by atoms with van der Waals surface area (Å²) in [7, 11) is 0. The number of hydrogen-bond acceptors (Lipinski definition) is 6. The van der Waals surface area contributed by atoms with Crippen LogP contribution in [-0.4, -0.2) is 27.9 Å². The molecule has 0 amide bonds. The number of nitrogens with zero attached hydrogens (tertiary/aromatic N) is 2. The van der Waals surface area contributed by atoms with Crippen LogP contribution in [-0.2, 0) is 9.53 Å². The molecule has 0 bridgehead atoms. The van der Waals surface area contributed by atoms with Crippen molar-refractivity contribution in [2.24, 2.45) is 0 Å². The first-order valence-corrected chi connectivity index (χ1v) is 9.69. The van der Waals surface area contributed by atoms with Crippen molar-refractivity contribution in [3.63, 3.8) is 0 Å². The number of para-hydroxylation sites is 1. The number of benzene rings is 1. The summed E-state index contributed by atoms with van der Waals surface area (Å²) in [6, 6.07) is 9.36. The first-order valence-electron chi connectivity index (χ1n) is 7.89. The minimum Gasteiger partial charge on any atom is -0.465 e. The van der Waals surface area contributed by atoms with E-state index < -0.39 is 0 Å². The largest absolute Gasteiger partial charge is 0.465 e. The molecule has 0 unspecified atom stereocenters. The van der Waals surface area contributed by atoms with E-state index >= 15 is 0 Å². The van der Waals surface area contributed by atoms with Crippen molar-refractivity contribution in [3.8, 4) is 5.69 Å². The van der Waals surface area contributed by atoms with Crippen LogP contribution in [0.5, 0.6) is 0 Å². The second-order valence-electron chi connectivity index (χ2n) is 5.43. The lowest BCUT2D eigenvalue weighted by atomic mass is 10.2. The molecule has 2 aromatic heterocycles. The number of thiophene rings is 1. The molecule has 0 aliphatic carbocycles. The van der Waals surface area contributed by atoms with Crippen molar-refractivity contribution in [3.05, 3.63) is 51.1 Å². The van der Waals surface area contributed by atoms with Crippen molar-refractivity contribution in [2.45, 2.75) is 25.9 Å². The van der Waals surface area contributed by atoms with Crippen LogP contribution < -0.4 is 5.56 Å². The van der Waals surface area contributed by atoms with Gasteiger partial charge in [-0.25, -0.2) is 4.98 Å². The molecule has 3 rings (SSSR count). The number of carbonyl (C=O) groups is 1. The highest BCUT2D eigenvalue weighted by Gasteiger charge is 2.18. The second kappa shape index (κ2) is 7.41. The number of aryl methyl sites for hydroxylation is 2. The molecule has 0 aliphatic rings. The zero-order chi connectivity index (χ0) is 18.0. The first-order chi connectivity index (χ1) is 12.0. The number of thioether (sulfide) groups is 1. The molecule has 130 valence electrons. The number of fused-ring (bicyclic) bond motifs is 1. The Labute approximate surface area is 153 Å². The Morgan fingerprint density at radius 1 is 1.28 bits per heavy atom. The van der Waals surface area contributed by atoms with Gasteiger partial charge < -0.3 is 4.74 Å². The van der Waals surface area contributed by atoms with Crippen LogP contribution in [0.1, 0.15) is 17.4 Å². The first kappa shape index (κ1) is 17.7. The summed E-state index contributed by atoms with van der Waals surface area (Å²) < 4.78 is 6.55. The number of aromatic nitrogens is 2. The van der Waals surface area contributed by atoms with Gasteiger partial charge in [0, 0.05) is 4.88 Å². The fourth-order valence-electron chi connectivity index (χ4n) is 2.50. The number of rotatable bonds is 5. The third-order valence-electron chi connectivity index (χ3n) is 3.81. The molecule has 5 nitrogen and oxygen atoms in total. The van der Waals surface area contributed by atoms with Crippen molar-refractivity contribution >= 4 is 39.3 Å². The van der Waals surface area contributed by atoms with Crippen molar-refractivity contribution in [1.29, 1.82) is 0 Å². The Hall–Kier alpha value is -2.12. The molecule has 7 heteroatoms. The molecular weight excluding hydrogens is 356 g/mol. The maximum atomic E-state index is 13.2. The molecule has 0 fully saturated rings. The lowest BCUT2D eigenvalue weighted by Crippen LogP contribution is -2.22. The van der Waals surface area contributed by atoms with Gasteiger partial charge >= 0.3 is 5.97 Å². The topological polar surface area (TPSA) is 61.2 Å². The highest BCUT2D eigenvalue weighted by Crippen LogP contribution is 2.29. The SMILES string of the molecule is CCOC(=O)CSc1nc2sc(C)c(C)c2c(=O)n1-c1ccccc1. The van der Waals surface area contributed by atoms with Crippen LogP contribution in [0.3, 0.4) is 0 Å². The van der Waals surface area contributed by atoms with Gasteiger partial charge in [-0.15, -0.1) is 11.3 Å². The summed E-state index contributed by atoms with van der Waals surface area (Å²) in [6.45, 7) is 6.03. The Bertz CT molecular complexity index is 977. The van der Waals surface area contributed by atoms with Crippen molar-refractivity contribution in [1.82, 2.24) is 9.55 Å². The van der Waals surface area contributed by atoms with E-state index in [1.165, 1.54) is 23.1 Å². The van der Waals surface area contributed by atoms with Gasteiger partial charge in [0.15, 0.2) is 5.16 Å². The van der Waals surface area contributed by atoms with Gasteiger partial charge in [-0.1, -0.05) is 30.0 Å². The number of ether oxygens (including phenoxy) is 1. The summed E-state index contributed by atoms with van der Waals surface area (Å²) in [5.41, 5.74) is 1.59. The lowest BCUT2D eigenvalue weighted by Gasteiger charge is -2.12. The third kappa shape index (κ3) is 3.48. The summed E-state index contributed by atoms with van der Waals surface area (Å²) >= 11 is 2.72. The average Bonchev–Trinajstić information content (AvgIpc) is 2.88. The van der Waals surface area contributed by atoms with E-state index in [0.717, 1.165) is 16.1 Å². The average molecular weight is 374 g/mol. The van der Waals surface area contributed by atoms with Crippen LogP contribution in [0.25, 0.3) is 15.9 Å². The molecule has 0 aliphatic heterocycles. The molecule has 3 aromatic rings.